The highest BCUT2D eigenvalue weighted by atomic mass is 127. The fraction of sp³-hybridized carbons (Fsp3) is 0.450. The van der Waals surface area contributed by atoms with Gasteiger partial charge in [-0.1, -0.05) is 35.9 Å². The fourth-order valence-corrected chi connectivity index (χ4v) is 4.31. The Morgan fingerprint density at radius 1 is 1.19 bits per heavy atom. The highest BCUT2D eigenvalue weighted by Crippen LogP contribution is 2.38. The van der Waals surface area contributed by atoms with Gasteiger partial charge in [0, 0.05) is 41.6 Å². The highest BCUT2D eigenvalue weighted by molar-refractivity contribution is 14.0. The van der Waals surface area contributed by atoms with Crippen LogP contribution < -0.4 is 10.6 Å². The summed E-state index contributed by atoms with van der Waals surface area (Å²) in [7, 11) is 0. The van der Waals surface area contributed by atoms with Gasteiger partial charge in [-0.3, -0.25) is 0 Å². The van der Waals surface area contributed by atoms with Crippen LogP contribution in [0.2, 0.25) is 5.02 Å². The number of halogens is 2. The topological polar surface area (TPSA) is 45.7 Å². The van der Waals surface area contributed by atoms with Crippen LogP contribution in [-0.4, -0.2) is 32.3 Å². The van der Waals surface area contributed by atoms with Crippen molar-refractivity contribution >= 4 is 52.9 Å². The fourth-order valence-electron chi connectivity index (χ4n) is 3.35. The lowest BCUT2D eigenvalue weighted by atomic mass is 9.74. The monoisotopic (exact) mass is 519 g/mol. The molecule has 2 heterocycles. The molecule has 1 fully saturated rings. The number of aliphatic imine (C=N–C) groups is 1. The summed E-state index contributed by atoms with van der Waals surface area (Å²) < 4.78 is 5.62. The molecule has 0 bridgehead atoms. The molecule has 1 saturated heterocycles. The SMILES string of the molecule is CCNC(=NCc1cccs1)NCC1(c2ccccc2Cl)CCOCC1.I. The Kier molecular flexibility index (Phi) is 9.35. The molecule has 3 rings (SSSR count). The molecule has 0 radical (unpaired) electrons. The Morgan fingerprint density at radius 2 is 1.96 bits per heavy atom. The van der Waals surface area contributed by atoms with Gasteiger partial charge in [0.2, 0.25) is 0 Å². The van der Waals surface area contributed by atoms with Gasteiger partial charge in [0.15, 0.2) is 5.96 Å². The second-order valence-corrected chi connectivity index (χ2v) is 7.94. The molecule has 0 spiro atoms. The number of benzene rings is 1. The second kappa shape index (κ2) is 11.2. The molecule has 1 aliphatic heterocycles. The summed E-state index contributed by atoms with van der Waals surface area (Å²) in [5, 5.41) is 9.81. The lowest BCUT2D eigenvalue weighted by molar-refractivity contribution is 0.0514. The minimum Gasteiger partial charge on any atom is -0.381 e. The van der Waals surface area contributed by atoms with E-state index in [4.69, 9.17) is 21.3 Å². The van der Waals surface area contributed by atoms with E-state index in [0.29, 0.717) is 6.54 Å². The molecule has 1 aliphatic rings. The third-order valence-corrected chi connectivity index (χ3v) is 6.00. The Bertz CT molecular complexity index is 718. The van der Waals surface area contributed by atoms with Crippen molar-refractivity contribution in [3.05, 3.63) is 57.2 Å². The number of rotatable bonds is 6. The summed E-state index contributed by atoms with van der Waals surface area (Å²) in [6, 6.07) is 12.3. The zero-order valence-corrected chi connectivity index (χ0v) is 19.4. The van der Waals surface area contributed by atoms with Gasteiger partial charge in [-0.05, 0) is 42.8 Å². The molecule has 2 N–H and O–H groups in total. The summed E-state index contributed by atoms with van der Waals surface area (Å²) in [4.78, 5) is 5.99. The molecule has 27 heavy (non-hydrogen) atoms. The summed E-state index contributed by atoms with van der Waals surface area (Å²) in [6.45, 7) is 5.91. The van der Waals surface area contributed by atoms with E-state index in [1.807, 2.05) is 12.1 Å². The van der Waals surface area contributed by atoms with Crippen molar-refractivity contribution in [1.29, 1.82) is 0 Å². The molecule has 0 unspecified atom stereocenters. The van der Waals surface area contributed by atoms with Gasteiger partial charge in [-0.2, -0.15) is 0 Å². The minimum atomic E-state index is -0.0320. The second-order valence-electron chi connectivity index (χ2n) is 6.50. The maximum absolute atomic E-state index is 6.54. The number of hydrogen-bond donors (Lipinski definition) is 2. The van der Waals surface area contributed by atoms with Gasteiger partial charge >= 0.3 is 0 Å². The smallest absolute Gasteiger partial charge is 0.191 e. The van der Waals surface area contributed by atoms with Gasteiger partial charge in [0.05, 0.1) is 6.54 Å². The minimum absolute atomic E-state index is 0. The predicted octanol–water partition coefficient (Wildman–Crippen LogP) is 4.82. The van der Waals surface area contributed by atoms with Crippen LogP contribution in [0.15, 0.2) is 46.8 Å². The van der Waals surface area contributed by atoms with E-state index in [0.717, 1.165) is 50.1 Å². The molecule has 7 heteroatoms. The molecular formula is C20H27ClIN3OS. The molecule has 2 aromatic rings. The highest BCUT2D eigenvalue weighted by Gasteiger charge is 2.36. The summed E-state index contributed by atoms with van der Waals surface area (Å²) in [5.74, 6) is 0.846. The zero-order chi connectivity index (χ0) is 18.2. The third kappa shape index (κ3) is 6.07. The van der Waals surface area contributed by atoms with Crippen LogP contribution >= 0.6 is 46.9 Å². The molecule has 1 aromatic carbocycles. The van der Waals surface area contributed by atoms with Gasteiger partial charge < -0.3 is 15.4 Å². The Hall–Kier alpha value is -0.830. The molecular weight excluding hydrogens is 493 g/mol. The van der Waals surface area contributed by atoms with Crippen LogP contribution in [0.4, 0.5) is 0 Å². The standard InChI is InChI=1S/C20H26ClN3OS.HI/c1-2-22-19(23-14-16-6-5-13-26-16)24-15-20(9-11-25-12-10-20)17-7-3-4-8-18(17)21;/h3-8,13H,2,9-12,14-15H2,1H3,(H2,22,23,24);1H. The largest absolute Gasteiger partial charge is 0.381 e. The van der Waals surface area contributed by atoms with E-state index >= 15 is 0 Å². The van der Waals surface area contributed by atoms with E-state index < -0.39 is 0 Å². The first-order valence-corrected chi connectivity index (χ1v) is 10.4. The van der Waals surface area contributed by atoms with Crippen molar-refractivity contribution in [3.8, 4) is 0 Å². The average Bonchev–Trinajstić information content (AvgIpc) is 3.19. The van der Waals surface area contributed by atoms with Crippen LogP contribution in [0.3, 0.4) is 0 Å². The number of thiophene rings is 1. The molecule has 0 aliphatic carbocycles. The van der Waals surface area contributed by atoms with Crippen LogP contribution in [0.25, 0.3) is 0 Å². The van der Waals surface area contributed by atoms with Gasteiger partial charge in [-0.15, -0.1) is 35.3 Å². The third-order valence-electron chi connectivity index (χ3n) is 4.81. The Balaban J connectivity index is 0.00000261. The van der Waals surface area contributed by atoms with E-state index in [1.54, 1.807) is 11.3 Å². The summed E-state index contributed by atoms with van der Waals surface area (Å²) in [6.07, 6.45) is 1.90. The molecule has 0 saturated carbocycles. The van der Waals surface area contributed by atoms with Crippen molar-refractivity contribution in [2.75, 3.05) is 26.3 Å². The first-order chi connectivity index (χ1) is 12.7. The van der Waals surface area contributed by atoms with E-state index in [-0.39, 0.29) is 29.4 Å². The predicted molar refractivity (Wildman–Crippen MR) is 126 cm³/mol. The number of nitrogens with zero attached hydrogens (tertiary/aromatic N) is 1. The number of hydrogen-bond acceptors (Lipinski definition) is 3. The van der Waals surface area contributed by atoms with Crippen molar-refractivity contribution < 1.29 is 4.74 Å². The van der Waals surface area contributed by atoms with E-state index in [9.17, 15) is 0 Å². The van der Waals surface area contributed by atoms with Gasteiger partial charge in [0.1, 0.15) is 0 Å². The van der Waals surface area contributed by atoms with Crippen LogP contribution in [0.5, 0.6) is 0 Å². The van der Waals surface area contributed by atoms with Crippen molar-refractivity contribution in [1.82, 2.24) is 10.6 Å². The average molecular weight is 520 g/mol. The molecule has 148 valence electrons. The van der Waals surface area contributed by atoms with E-state index in [2.05, 4.69) is 47.2 Å². The maximum atomic E-state index is 6.54. The first kappa shape index (κ1) is 22.5. The lowest BCUT2D eigenvalue weighted by Gasteiger charge is -2.38. The lowest BCUT2D eigenvalue weighted by Crippen LogP contribution is -2.48. The van der Waals surface area contributed by atoms with Gasteiger partial charge in [0.25, 0.3) is 0 Å². The van der Waals surface area contributed by atoms with Crippen LogP contribution in [-0.2, 0) is 16.7 Å². The quantitative estimate of drug-likeness (QED) is 0.327. The van der Waals surface area contributed by atoms with Crippen molar-refractivity contribution in [2.45, 2.75) is 31.7 Å². The number of ether oxygens (including phenoxy) is 1. The molecule has 4 nitrogen and oxygen atoms in total. The first-order valence-electron chi connectivity index (χ1n) is 9.11. The molecule has 1 aromatic heterocycles. The number of guanidine groups is 1. The molecule has 0 atom stereocenters. The normalized spacial score (nSPS) is 16.4. The summed E-state index contributed by atoms with van der Waals surface area (Å²) in [5.41, 5.74) is 1.17. The van der Waals surface area contributed by atoms with Crippen molar-refractivity contribution in [3.63, 3.8) is 0 Å². The maximum Gasteiger partial charge on any atom is 0.191 e. The van der Waals surface area contributed by atoms with E-state index in [1.165, 1.54) is 10.4 Å². The van der Waals surface area contributed by atoms with Crippen molar-refractivity contribution in [2.24, 2.45) is 4.99 Å². The Labute approximate surface area is 187 Å². The Morgan fingerprint density at radius 3 is 2.63 bits per heavy atom. The number of nitrogens with one attached hydrogen (secondary N) is 2. The molecule has 0 amide bonds. The van der Waals surface area contributed by atoms with Gasteiger partial charge in [-0.25, -0.2) is 4.99 Å². The zero-order valence-electron chi connectivity index (χ0n) is 15.5. The van der Waals surface area contributed by atoms with Crippen LogP contribution in [0.1, 0.15) is 30.2 Å². The summed E-state index contributed by atoms with van der Waals surface area (Å²) >= 11 is 8.27. The van der Waals surface area contributed by atoms with Crippen LogP contribution in [0, 0.1) is 0 Å².